The Morgan fingerprint density at radius 1 is 1.19 bits per heavy atom. The molecule has 2 heterocycles. The lowest BCUT2D eigenvalue weighted by atomic mass is 10.2. The average molecular weight is 417 g/mol. The number of anilines is 1. The van der Waals surface area contributed by atoms with Gasteiger partial charge in [-0.25, -0.2) is 0 Å². The van der Waals surface area contributed by atoms with Crippen molar-refractivity contribution < 1.29 is 9.53 Å². The highest BCUT2D eigenvalue weighted by atomic mass is 35.5. The molecule has 1 fully saturated rings. The Kier molecular flexibility index (Phi) is 5.76. The van der Waals surface area contributed by atoms with Gasteiger partial charge < -0.3 is 10.1 Å². The fourth-order valence-electron chi connectivity index (χ4n) is 2.88. The van der Waals surface area contributed by atoms with E-state index >= 15 is 0 Å². The summed E-state index contributed by atoms with van der Waals surface area (Å²) in [5.74, 6) is 2.67. The van der Waals surface area contributed by atoms with Gasteiger partial charge in [0.05, 0.1) is 9.60 Å². The Bertz CT molecular complexity index is 977. The fourth-order valence-corrected chi connectivity index (χ4v) is 5.94. The first-order valence-corrected chi connectivity index (χ1v) is 11.0. The molecule has 0 spiro atoms. The number of ether oxygens (including phenoxy) is 1. The number of benzene rings is 2. The number of amides is 1. The maximum absolute atomic E-state index is 12.3. The molecule has 0 bridgehead atoms. The molecule has 2 aromatic carbocycles. The van der Waals surface area contributed by atoms with Crippen molar-refractivity contribution in [2.24, 2.45) is 0 Å². The normalized spacial score (nSPS) is 14.4. The average Bonchev–Trinajstić information content (AvgIpc) is 3.23. The lowest BCUT2D eigenvalue weighted by molar-refractivity contribution is -0.118. The van der Waals surface area contributed by atoms with Crippen LogP contribution < -0.4 is 10.1 Å². The van der Waals surface area contributed by atoms with Gasteiger partial charge in [-0.15, -0.1) is 23.5 Å². The molecule has 1 aliphatic heterocycles. The molecule has 4 nitrogen and oxygen atoms in total. The summed E-state index contributed by atoms with van der Waals surface area (Å²) in [4.78, 5) is 16.6. The zero-order valence-electron chi connectivity index (χ0n) is 14.4. The van der Waals surface area contributed by atoms with E-state index in [2.05, 4.69) is 16.4 Å². The van der Waals surface area contributed by atoms with Crippen molar-refractivity contribution in [1.29, 1.82) is 0 Å². The molecule has 0 atom stereocenters. The van der Waals surface area contributed by atoms with E-state index in [1.54, 1.807) is 18.3 Å². The Morgan fingerprint density at radius 2 is 2.04 bits per heavy atom. The summed E-state index contributed by atoms with van der Waals surface area (Å²) >= 11 is 10.1. The number of aromatic nitrogens is 1. The minimum Gasteiger partial charge on any atom is -0.481 e. The standard InChI is InChI=1S/C20H17ClN2O2S2/c21-16-6-7-17(19-15(16)5-2-8-22-19)25-12-18(24)23-14-4-1-3-13(11-14)20-26-9-10-27-20/h1-8,11,20H,9-10,12H2,(H,23,24). The number of pyridine rings is 1. The second kappa shape index (κ2) is 8.42. The first kappa shape index (κ1) is 18.5. The highest BCUT2D eigenvalue weighted by molar-refractivity contribution is 8.19. The molecule has 1 amide bonds. The zero-order chi connectivity index (χ0) is 18.6. The van der Waals surface area contributed by atoms with Gasteiger partial charge in [-0.1, -0.05) is 23.7 Å². The maximum atomic E-state index is 12.3. The number of fused-ring (bicyclic) bond motifs is 1. The van der Waals surface area contributed by atoms with E-state index in [0.717, 1.165) is 11.1 Å². The van der Waals surface area contributed by atoms with Gasteiger partial charge in [0.25, 0.3) is 5.91 Å². The molecule has 0 unspecified atom stereocenters. The predicted octanol–water partition coefficient (Wildman–Crippen LogP) is 5.38. The molecule has 138 valence electrons. The monoisotopic (exact) mass is 416 g/mol. The molecule has 3 aromatic rings. The summed E-state index contributed by atoms with van der Waals surface area (Å²) < 4.78 is 6.15. The number of rotatable bonds is 5. The number of halogens is 1. The van der Waals surface area contributed by atoms with Gasteiger partial charge in [0.15, 0.2) is 6.61 Å². The Hall–Kier alpha value is -1.89. The van der Waals surface area contributed by atoms with Gasteiger partial charge in [-0.2, -0.15) is 0 Å². The summed E-state index contributed by atoms with van der Waals surface area (Å²) in [6.07, 6.45) is 1.68. The molecule has 7 heteroatoms. The largest absolute Gasteiger partial charge is 0.481 e. The fraction of sp³-hybridized carbons (Fsp3) is 0.200. The smallest absolute Gasteiger partial charge is 0.262 e. The lowest BCUT2D eigenvalue weighted by Crippen LogP contribution is -2.20. The van der Waals surface area contributed by atoms with Gasteiger partial charge in [-0.3, -0.25) is 9.78 Å². The van der Waals surface area contributed by atoms with Crippen LogP contribution in [0.1, 0.15) is 10.1 Å². The molecular formula is C20H17ClN2O2S2. The molecule has 0 radical (unpaired) electrons. The van der Waals surface area contributed by atoms with Crippen LogP contribution in [0, 0.1) is 0 Å². The van der Waals surface area contributed by atoms with Crippen LogP contribution in [0.5, 0.6) is 5.75 Å². The second-order valence-corrected chi connectivity index (χ2v) is 9.11. The molecule has 0 saturated carbocycles. The van der Waals surface area contributed by atoms with Crippen LogP contribution in [0.2, 0.25) is 5.02 Å². The summed E-state index contributed by atoms with van der Waals surface area (Å²) in [7, 11) is 0. The number of carbonyl (C=O) groups is 1. The minimum atomic E-state index is -0.210. The first-order chi connectivity index (χ1) is 13.2. The van der Waals surface area contributed by atoms with Crippen molar-refractivity contribution >= 4 is 57.6 Å². The summed E-state index contributed by atoms with van der Waals surface area (Å²) in [5, 5.41) is 4.31. The van der Waals surface area contributed by atoms with E-state index in [9.17, 15) is 4.79 Å². The molecule has 27 heavy (non-hydrogen) atoms. The number of nitrogens with zero attached hydrogens (tertiary/aromatic N) is 1. The number of thioether (sulfide) groups is 2. The number of hydrogen-bond donors (Lipinski definition) is 1. The number of nitrogens with one attached hydrogen (secondary N) is 1. The van der Waals surface area contributed by atoms with Crippen molar-refractivity contribution in [2.75, 3.05) is 23.4 Å². The van der Waals surface area contributed by atoms with Gasteiger partial charge >= 0.3 is 0 Å². The molecule has 1 N–H and O–H groups in total. The third-order valence-corrected chi connectivity index (χ3v) is 7.54. The highest BCUT2D eigenvalue weighted by Gasteiger charge is 2.18. The summed E-state index contributed by atoms with van der Waals surface area (Å²) in [6.45, 7) is -0.0928. The van der Waals surface area contributed by atoms with Crippen molar-refractivity contribution in [2.45, 2.75) is 4.58 Å². The molecular weight excluding hydrogens is 400 g/mol. The van der Waals surface area contributed by atoms with Crippen LogP contribution in [-0.4, -0.2) is 29.0 Å². The molecule has 1 saturated heterocycles. The topological polar surface area (TPSA) is 51.2 Å². The van der Waals surface area contributed by atoms with Crippen LogP contribution in [-0.2, 0) is 4.79 Å². The Labute approximate surface area is 171 Å². The molecule has 1 aromatic heterocycles. The lowest BCUT2D eigenvalue weighted by Gasteiger charge is -2.12. The van der Waals surface area contributed by atoms with Crippen molar-refractivity contribution in [1.82, 2.24) is 4.98 Å². The van der Waals surface area contributed by atoms with Crippen LogP contribution in [0.3, 0.4) is 0 Å². The van der Waals surface area contributed by atoms with Crippen LogP contribution in [0.4, 0.5) is 5.69 Å². The van der Waals surface area contributed by atoms with E-state index in [1.807, 2.05) is 53.9 Å². The zero-order valence-corrected chi connectivity index (χ0v) is 16.7. The number of hydrogen-bond acceptors (Lipinski definition) is 5. The predicted molar refractivity (Wildman–Crippen MR) is 115 cm³/mol. The SMILES string of the molecule is O=C(COc1ccc(Cl)c2cccnc12)Nc1cccc(C2SCCS2)c1. The van der Waals surface area contributed by atoms with E-state index in [-0.39, 0.29) is 12.5 Å². The van der Waals surface area contributed by atoms with Crippen LogP contribution in [0.15, 0.2) is 54.7 Å². The summed E-state index contributed by atoms with van der Waals surface area (Å²) in [5.41, 5.74) is 2.66. The minimum absolute atomic E-state index is 0.0928. The van der Waals surface area contributed by atoms with Gasteiger partial charge in [0, 0.05) is 28.8 Å². The van der Waals surface area contributed by atoms with Crippen molar-refractivity contribution in [3.63, 3.8) is 0 Å². The van der Waals surface area contributed by atoms with Crippen LogP contribution >= 0.6 is 35.1 Å². The first-order valence-electron chi connectivity index (χ1n) is 8.50. The van der Waals surface area contributed by atoms with Crippen molar-refractivity contribution in [3.8, 4) is 5.75 Å². The quantitative estimate of drug-likeness (QED) is 0.604. The molecule has 0 aliphatic carbocycles. The van der Waals surface area contributed by atoms with Gasteiger partial charge in [0.1, 0.15) is 11.3 Å². The Balaban J connectivity index is 1.42. The Morgan fingerprint density at radius 3 is 2.89 bits per heavy atom. The molecule has 1 aliphatic rings. The van der Waals surface area contributed by atoms with Crippen LogP contribution in [0.25, 0.3) is 10.9 Å². The number of carbonyl (C=O) groups excluding carboxylic acids is 1. The summed E-state index contributed by atoms with van der Waals surface area (Å²) in [6, 6.07) is 15.2. The van der Waals surface area contributed by atoms with Crippen molar-refractivity contribution in [3.05, 3.63) is 65.3 Å². The second-order valence-electron chi connectivity index (χ2n) is 5.98. The highest BCUT2D eigenvalue weighted by Crippen LogP contribution is 2.45. The third-order valence-electron chi connectivity index (χ3n) is 4.10. The third kappa shape index (κ3) is 4.34. The van der Waals surface area contributed by atoms with Gasteiger partial charge in [0.2, 0.25) is 0 Å². The van der Waals surface area contributed by atoms with E-state index in [0.29, 0.717) is 20.9 Å². The van der Waals surface area contributed by atoms with Gasteiger partial charge in [-0.05, 0) is 42.0 Å². The maximum Gasteiger partial charge on any atom is 0.262 e. The molecule has 4 rings (SSSR count). The van der Waals surface area contributed by atoms with E-state index in [4.69, 9.17) is 16.3 Å². The van der Waals surface area contributed by atoms with E-state index < -0.39 is 0 Å². The van der Waals surface area contributed by atoms with E-state index in [1.165, 1.54) is 17.1 Å².